The molecule has 0 aliphatic rings. The summed E-state index contributed by atoms with van der Waals surface area (Å²) in [4.78, 5) is 10.5. The third-order valence-electron chi connectivity index (χ3n) is 2.15. The molecule has 0 aliphatic heterocycles. The first-order chi connectivity index (χ1) is 8.27. The van der Waals surface area contributed by atoms with Crippen LogP contribution in [0.5, 0.6) is 0 Å². The molecule has 0 radical (unpaired) electrons. The number of rotatable bonds is 8. The minimum atomic E-state index is 0.0889. The molecule has 0 aromatic carbocycles. The third kappa shape index (κ3) is 31.3. The lowest BCUT2D eigenvalue weighted by Crippen LogP contribution is -2.20. The minimum Gasteiger partial charge on any atom is -0.356 e. The van der Waals surface area contributed by atoms with Crippen LogP contribution in [-0.2, 0) is 4.79 Å². The van der Waals surface area contributed by atoms with Crippen LogP contribution in [0.25, 0.3) is 0 Å². The van der Waals surface area contributed by atoms with Gasteiger partial charge in [0.25, 0.3) is 0 Å². The fraction of sp³-hybridized carbons (Fsp3) is 0.933. The Morgan fingerprint density at radius 1 is 0.824 bits per heavy atom. The number of carbonyl (C=O) groups excluding carboxylic acids is 1. The van der Waals surface area contributed by atoms with Gasteiger partial charge in [0.15, 0.2) is 0 Å². The third-order valence-corrected chi connectivity index (χ3v) is 2.15. The van der Waals surface area contributed by atoms with Crippen molar-refractivity contribution in [2.24, 2.45) is 0 Å². The van der Waals surface area contributed by atoms with Crippen LogP contribution in [-0.4, -0.2) is 12.5 Å². The van der Waals surface area contributed by atoms with Crippen molar-refractivity contribution in [3.8, 4) is 0 Å². The quantitative estimate of drug-likeness (QED) is 0.604. The van der Waals surface area contributed by atoms with Crippen LogP contribution < -0.4 is 5.32 Å². The molecule has 1 amide bonds. The summed E-state index contributed by atoms with van der Waals surface area (Å²) in [6, 6.07) is 0. The topological polar surface area (TPSA) is 29.1 Å². The normalized spacial score (nSPS) is 8.35. The molecule has 0 aromatic heterocycles. The highest BCUT2D eigenvalue weighted by Crippen LogP contribution is 2.05. The molecule has 2 heteroatoms. The molecular weight excluding hydrogens is 210 g/mol. The van der Waals surface area contributed by atoms with E-state index in [1.165, 1.54) is 38.5 Å². The Hall–Kier alpha value is -0.530. The van der Waals surface area contributed by atoms with Gasteiger partial charge in [-0.05, 0) is 6.42 Å². The molecule has 0 aromatic rings. The molecular formula is C15H35NO. The number of carbonyl (C=O) groups is 1. The molecule has 0 bridgehead atoms. The number of hydrogen-bond acceptors (Lipinski definition) is 1. The zero-order valence-electron chi connectivity index (χ0n) is 13.1. The maximum absolute atomic E-state index is 10.5. The van der Waals surface area contributed by atoms with Crippen molar-refractivity contribution in [3.63, 3.8) is 0 Å². The summed E-state index contributed by atoms with van der Waals surface area (Å²) in [6.45, 7) is 12.7. The zero-order valence-corrected chi connectivity index (χ0v) is 13.1. The smallest absolute Gasteiger partial charge is 0.216 e. The van der Waals surface area contributed by atoms with Gasteiger partial charge in [-0.2, -0.15) is 0 Å². The Bertz CT molecular complexity index is 124. The number of amides is 1. The van der Waals surface area contributed by atoms with E-state index in [2.05, 4.69) is 12.2 Å². The molecule has 17 heavy (non-hydrogen) atoms. The average molecular weight is 245 g/mol. The fourth-order valence-corrected chi connectivity index (χ4v) is 1.35. The molecule has 0 fully saturated rings. The first-order valence-electron chi connectivity index (χ1n) is 7.51. The van der Waals surface area contributed by atoms with Crippen LogP contribution in [0.3, 0.4) is 0 Å². The number of hydrogen-bond donors (Lipinski definition) is 1. The van der Waals surface area contributed by atoms with E-state index in [0.717, 1.165) is 13.0 Å². The first kappa shape index (κ1) is 21.7. The summed E-state index contributed by atoms with van der Waals surface area (Å²) in [6.07, 6.45) is 9.11. The van der Waals surface area contributed by atoms with Gasteiger partial charge in [-0.3, -0.25) is 4.79 Å². The van der Waals surface area contributed by atoms with Crippen molar-refractivity contribution in [2.75, 3.05) is 6.54 Å². The fourth-order valence-electron chi connectivity index (χ4n) is 1.35. The predicted octanol–water partition coefficient (Wildman–Crippen LogP) is 4.93. The standard InChI is InChI=1S/C11H23NO.2C2H6/c1-3-4-5-6-7-8-9-10-12-11(2)13;2*1-2/h3-10H2,1-2H3,(H,12,13);2*1-2H3. The lowest BCUT2D eigenvalue weighted by molar-refractivity contribution is -0.118. The van der Waals surface area contributed by atoms with Crippen LogP contribution in [0.1, 0.15) is 86.5 Å². The van der Waals surface area contributed by atoms with Crippen molar-refractivity contribution in [1.29, 1.82) is 0 Å². The second-order valence-corrected chi connectivity index (χ2v) is 3.60. The van der Waals surface area contributed by atoms with E-state index in [4.69, 9.17) is 0 Å². The molecule has 0 spiro atoms. The van der Waals surface area contributed by atoms with Crippen LogP contribution >= 0.6 is 0 Å². The Balaban J connectivity index is -0.000000439. The Kier molecular flexibility index (Phi) is 31.5. The van der Waals surface area contributed by atoms with E-state index in [1.54, 1.807) is 6.92 Å². The minimum absolute atomic E-state index is 0.0889. The molecule has 1 N–H and O–H groups in total. The maximum Gasteiger partial charge on any atom is 0.216 e. The lowest BCUT2D eigenvalue weighted by atomic mass is 10.1. The summed E-state index contributed by atoms with van der Waals surface area (Å²) in [5.41, 5.74) is 0. The highest BCUT2D eigenvalue weighted by molar-refractivity contribution is 5.72. The number of unbranched alkanes of at least 4 members (excludes halogenated alkanes) is 6. The molecule has 0 saturated carbocycles. The summed E-state index contributed by atoms with van der Waals surface area (Å²) in [5.74, 6) is 0.0889. The molecule has 0 heterocycles. The van der Waals surface area contributed by atoms with Crippen LogP contribution in [0.15, 0.2) is 0 Å². The van der Waals surface area contributed by atoms with Gasteiger partial charge < -0.3 is 5.32 Å². The van der Waals surface area contributed by atoms with E-state index in [1.807, 2.05) is 27.7 Å². The van der Waals surface area contributed by atoms with Gasteiger partial charge in [0.05, 0.1) is 0 Å². The zero-order chi connectivity index (χ0) is 13.9. The average Bonchev–Trinajstić information content (AvgIpc) is 2.37. The molecule has 0 atom stereocenters. The van der Waals surface area contributed by atoms with Crippen molar-refractivity contribution in [1.82, 2.24) is 5.32 Å². The first-order valence-corrected chi connectivity index (χ1v) is 7.51. The van der Waals surface area contributed by atoms with E-state index < -0.39 is 0 Å². The van der Waals surface area contributed by atoms with Gasteiger partial charge in [-0.25, -0.2) is 0 Å². The highest BCUT2D eigenvalue weighted by Gasteiger charge is 1.91. The maximum atomic E-state index is 10.5. The molecule has 0 rings (SSSR count). The second-order valence-electron chi connectivity index (χ2n) is 3.60. The van der Waals surface area contributed by atoms with Crippen LogP contribution in [0.4, 0.5) is 0 Å². The lowest BCUT2D eigenvalue weighted by Gasteiger charge is -2.01. The highest BCUT2D eigenvalue weighted by atomic mass is 16.1. The molecule has 2 nitrogen and oxygen atoms in total. The van der Waals surface area contributed by atoms with Gasteiger partial charge in [-0.15, -0.1) is 0 Å². The van der Waals surface area contributed by atoms with Crippen molar-refractivity contribution in [2.45, 2.75) is 86.5 Å². The molecule has 0 aliphatic carbocycles. The van der Waals surface area contributed by atoms with E-state index >= 15 is 0 Å². The summed E-state index contributed by atoms with van der Waals surface area (Å²) in [5, 5.41) is 2.81. The van der Waals surface area contributed by atoms with Crippen LogP contribution in [0, 0.1) is 0 Å². The monoisotopic (exact) mass is 245 g/mol. The second kappa shape index (κ2) is 24.6. The van der Waals surface area contributed by atoms with Gasteiger partial charge in [0.2, 0.25) is 5.91 Å². The van der Waals surface area contributed by atoms with Gasteiger partial charge >= 0.3 is 0 Å². The van der Waals surface area contributed by atoms with Gasteiger partial charge in [-0.1, -0.05) is 73.1 Å². The van der Waals surface area contributed by atoms with Crippen molar-refractivity contribution < 1.29 is 4.79 Å². The predicted molar refractivity (Wildman–Crippen MR) is 79.4 cm³/mol. The summed E-state index contributed by atoms with van der Waals surface area (Å²) in [7, 11) is 0. The Morgan fingerprint density at radius 3 is 1.65 bits per heavy atom. The Labute approximate surface area is 110 Å². The van der Waals surface area contributed by atoms with E-state index in [-0.39, 0.29) is 5.91 Å². The Morgan fingerprint density at radius 2 is 1.24 bits per heavy atom. The van der Waals surface area contributed by atoms with E-state index in [9.17, 15) is 4.79 Å². The largest absolute Gasteiger partial charge is 0.356 e. The molecule has 0 unspecified atom stereocenters. The van der Waals surface area contributed by atoms with Gasteiger partial charge in [0, 0.05) is 13.5 Å². The molecule has 106 valence electrons. The van der Waals surface area contributed by atoms with Crippen LogP contribution in [0.2, 0.25) is 0 Å². The summed E-state index contributed by atoms with van der Waals surface area (Å²) < 4.78 is 0. The number of nitrogens with one attached hydrogen (secondary N) is 1. The molecule has 0 saturated heterocycles. The van der Waals surface area contributed by atoms with Crippen molar-refractivity contribution >= 4 is 5.91 Å². The summed E-state index contributed by atoms with van der Waals surface area (Å²) >= 11 is 0. The van der Waals surface area contributed by atoms with E-state index in [0.29, 0.717) is 0 Å². The SMILES string of the molecule is CC.CC.CCCCCCCCCNC(C)=O. The van der Waals surface area contributed by atoms with Gasteiger partial charge in [0.1, 0.15) is 0 Å². The van der Waals surface area contributed by atoms with Crippen molar-refractivity contribution in [3.05, 3.63) is 0 Å².